The SMILES string of the molecule is Cc1cc2c3c(c1)N(c1cccc4c1-c1ccc(C(C)(C)C)cc1C4(C)C)c1cc(N(c4ccccc4)c4ccccc4)ccc1B3c1cc3c(cc1N2c1ccc2c(c1)C(C)(C)CCC2(C)C)C(C)(C)CC3(C)C. The average molecular weight is 980 g/mol. The minimum absolute atomic E-state index is 0.0169. The van der Waals surface area contributed by atoms with E-state index >= 15 is 0 Å². The van der Waals surface area contributed by atoms with Crippen molar-refractivity contribution in [3.8, 4) is 11.1 Å². The summed E-state index contributed by atoms with van der Waals surface area (Å²) in [5.74, 6) is 0. The number of fused-ring (bicyclic) bond motifs is 9. The van der Waals surface area contributed by atoms with Crippen molar-refractivity contribution in [1.82, 2.24) is 0 Å². The van der Waals surface area contributed by atoms with E-state index in [0.717, 1.165) is 23.5 Å². The number of para-hydroxylation sites is 2. The molecule has 0 radical (unpaired) electrons. The van der Waals surface area contributed by atoms with Gasteiger partial charge in [0.1, 0.15) is 0 Å². The Morgan fingerprint density at radius 3 is 1.69 bits per heavy atom. The van der Waals surface area contributed by atoms with Gasteiger partial charge in [0.05, 0.1) is 5.69 Å². The van der Waals surface area contributed by atoms with Crippen molar-refractivity contribution in [3.05, 3.63) is 202 Å². The van der Waals surface area contributed by atoms with Crippen LogP contribution in [0.25, 0.3) is 11.1 Å². The molecule has 2 aliphatic heterocycles. The number of nitrogens with zero attached hydrogens (tertiary/aromatic N) is 3. The molecule has 0 saturated heterocycles. The molecule has 0 N–H and O–H groups in total. The third-order valence-electron chi connectivity index (χ3n) is 18.8. The highest BCUT2D eigenvalue weighted by atomic mass is 15.2. The van der Waals surface area contributed by atoms with Crippen LogP contribution in [-0.4, -0.2) is 6.71 Å². The van der Waals surface area contributed by atoms with Gasteiger partial charge < -0.3 is 14.7 Å². The summed E-state index contributed by atoms with van der Waals surface area (Å²) >= 11 is 0. The van der Waals surface area contributed by atoms with Gasteiger partial charge in [0, 0.05) is 56.5 Å². The molecule has 2 heterocycles. The number of anilines is 9. The van der Waals surface area contributed by atoms with E-state index in [2.05, 4.69) is 269 Å². The van der Waals surface area contributed by atoms with Crippen LogP contribution < -0.4 is 31.1 Å². The van der Waals surface area contributed by atoms with Gasteiger partial charge in [0.25, 0.3) is 6.71 Å². The van der Waals surface area contributed by atoms with Gasteiger partial charge in [-0.15, -0.1) is 0 Å². The molecule has 8 aromatic rings. The first kappa shape index (κ1) is 47.9. The standard InChI is InChI=1S/C71H74BN3/c1-44-36-62-65-63(37-44)75(59-27-21-26-52-64(59)50-31-28-45(66(2,3)4)38-53(50)71(52,13)14)60-40-49(73(46-22-17-15-18-23-46)47-24-19-16-20-25-47)30-33-57(60)72(65)58-41-55-56(70(11,12)43-69(55,9)10)42-61(58)74(62)48-29-32-51-54(39-48)68(7,8)35-34-67(51,5)6/h15-33,36-42H,34-35,43H2,1-14H3. The number of hydrogen-bond donors (Lipinski definition) is 0. The van der Waals surface area contributed by atoms with E-state index in [4.69, 9.17) is 0 Å². The summed E-state index contributed by atoms with van der Waals surface area (Å²) in [5.41, 5.74) is 29.1. The van der Waals surface area contributed by atoms with E-state index in [1.54, 1.807) is 0 Å². The van der Waals surface area contributed by atoms with E-state index in [0.29, 0.717) is 0 Å². The predicted octanol–water partition coefficient (Wildman–Crippen LogP) is 17.5. The molecule has 0 spiro atoms. The Morgan fingerprint density at radius 2 is 1.04 bits per heavy atom. The second-order valence-electron chi connectivity index (χ2n) is 27.3. The molecule has 3 aliphatic carbocycles. The smallest absolute Gasteiger partial charge is 0.252 e. The van der Waals surface area contributed by atoms with Crippen LogP contribution in [-0.2, 0) is 32.5 Å². The van der Waals surface area contributed by atoms with Crippen LogP contribution >= 0.6 is 0 Å². The van der Waals surface area contributed by atoms with Crippen LogP contribution in [0.15, 0.2) is 158 Å². The Hall–Kier alpha value is -6.78. The molecule has 0 aromatic heterocycles. The van der Waals surface area contributed by atoms with Crippen molar-refractivity contribution in [2.24, 2.45) is 0 Å². The topological polar surface area (TPSA) is 9.72 Å². The molecule has 0 bridgehead atoms. The lowest BCUT2D eigenvalue weighted by Gasteiger charge is -2.46. The molecule has 4 heteroatoms. The number of aryl methyl sites for hydroxylation is 1. The van der Waals surface area contributed by atoms with E-state index in [1.807, 2.05) is 0 Å². The second kappa shape index (κ2) is 15.9. The third-order valence-corrected chi connectivity index (χ3v) is 18.8. The molecule has 8 aromatic carbocycles. The maximum Gasteiger partial charge on any atom is 0.252 e. The lowest BCUT2D eigenvalue weighted by Crippen LogP contribution is -2.61. The summed E-state index contributed by atoms with van der Waals surface area (Å²) in [6.45, 7) is 34.0. The lowest BCUT2D eigenvalue weighted by atomic mass is 9.33. The molecule has 5 aliphatic rings. The first-order valence-electron chi connectivity index (χ1n) is 27.9. The number of hydrogen-bond acceptors (Lipinski definition) is 3. The molecule has 0 saturated carbocycles. The van der Waals surface area contributed by atoms with Crippen LogP contribution in [0.4, 0.5) is 51.2 Å². The molecule has 3 nitrogen and oxygen atoms in total. The monoisotopic (exact) mass is 980 g/mol. The normalized spacial score (nSPS) is 18.3. The molecule has 75 heavy (non-hydrogen) atoms. The van der Waals surface area contributed by atoms with Crippen LogP contribution in [0, 0.1) is 6.92 Å². The highest BCUT2D eigenvalue weighted by Crippen LogP contribution is 2.58. The molecular weight excluding hydrogens is 906 g/mol. The van der Waals surface area contributed by atoms with Gasteiger partial charge in [-0.05, 0) is 193 Å². The van der Waals surface area contributed by atoms with Gasteiger partial charge in [0.15, 0.2) is 0 Å². The Labute approximate surface area is 448 Å². The highest BCUT2D eigenvalue weighted by Gasteiger charge is 2.50. The second-order valence-corrected chi connectivity index (χ2v) is 27.3. The molecular formula is C71H74BN3. The molecule has 0 fully saturated rings. The fourth-order valence-corrected chi connectivity index (χ4v) is 15.0. The van der Waals surface area contributed by atoms with Gasteiger partial charge in [-0.3, -0.25) is 0 Å². The maximum absolute atomic E-state index is 2.70. The molecule has 376 valence electrons. The quantitative estimate of drug-likeness (QED) is 0.159. The van der Waals surface area contributed by atoms with Crippen molar-refractivity contribution in [2.75, 3.05) is 14.7 Å². The Bertz CT molecular complexity index is 3640. The van der Waals surface area contributed by atoms with Crippen LogP contribution in [0.2, 0.25) is 0 Å². The van der Waals surface area contributed by atoms with E-state index < -0.39 is 0 Å². The van der Waals surface area contributed by atoms with E-state index in [1.165, 1.54) is 119 Å². The minimum Gasteiger partial charge on any atom is -0.311 e. The van der Waals surface area contributed by atoms with Gasteiger partial charge in [0.2, 0.25) is 0 Å². The maximum atomic E-state index is 2.70. The summed E-state index contributed by atoms with van der Waals surface area (Å²) < 4.78 is 0. The number of rotatable bonds is 5. The summed E-state index contributed by atoms with van der Waals surface area (Å²) in [6.07, 6.45) is 3.47. The van der Waals surface area contributed by atoms with Crippen molar-refractivity contribution >= 4 is 74.3 Å². The van der Waals surface area contributed by atoms with E-state index in [9.17, 15) is 0 Å². The summed E-state index contributed by atoms with van der Waals surface area (Å²) in [5, 5.41) is 0. The fourth-order valence-electron chi connectivity index (χ4n) is 15.0. The predicted molar refractivity (Wildman–Crippen MR) is 322 cm³/mol. The van der Waals surface area contributed by atoms with Gasteiger partial charge >= 0.3 is 0 Å². The zero-order valence-electron chi connectivity index (χ0n) is 47.1. The fraction of sp³-hybridized carbons (Fsp3) is 0.324. The average Bonchev–Trinajstić information content (AvgIpc) is 3.88. The van der Waals surface area contributed by atoms with Crippen molar-refractivity contribution in [3.63, 3.8) is 0 Å². The number of benzene rings is 8. The largest absolute Gasteiger partial charge is 0.311 e. The Kier molecular flexibility index (Phi) is 10.1. The molecule has 0 unspecified atom stereocenters. The minimum atomic E-state index is -0.195. The zero-order valence-corrected chi connectivity index (χ0v) is 47.1. The first-order chi connectivity index (χ1) is 35.5. The highest BCUT2D eigenvalue weighted by molar-refractivity contribution is 7.00. The lowest BCUT2D eigenvalue weighted by molar-refractivity contribution is 0.332. The van der Waals surface area contributed by atoms with E-state index in [-0.39, 0.29) is 39.2 Å². The summed E-state index contributed by atoms with van der Waals surface area (Å²) in [6, 6.07) is 61.6. The molecule has 13 rings (SSSR count). The Morgan fingerprint density at radius 1 is 0.440 bits per heavy atom. The molecule has 0 amide bonds. The van der Waals surface area contributed by atoms with Gasteiger partial charge in [-0.25, -0.2) is 0 Å². The van der Waals surface area contributed by atoms with Crippen molar-refractivity contribution in [1.29, 1.82) is 0 Å². The Balaban J connectivity index is 1.14. The van der Waals surface area contributed by atoms with Crippen molar-refractivity contribution in [2.45, 2.75) is 149 Å². The van der Waals surface area contributed by atoms with Gasteiger partial charge in [-0.2, -0.15) is 0 Å². The third kappa shape index (κ3) is 7.06. The molecule has 0 atom stereocenters. The van der Waals surface area contributed by atoms with Crippen molar-refractivity contribution < 1.29 is 0 Å². The summed E-state index contributed by atoms with van der Waals surface area (Å²) in [7, 11) is 0. The van der Waals surface area contributed by atoms with Crippen LogP contribution in [0.3, 0.4) is 0 Å². The first-order valence-corrected chi connectivity index (χ1v) is 27.9. The van der Waals surface area contributed by atoms with Crippen LogP contribution in [0.5, 0.6) is 0 Å². The van der Waals surface area contributed by atoms with Gasteiger partial charge in [-0.1, -0.05) is 175 Å². The summed E-state index contributed by atoms with van der Waals surface area (Å²) in [4.78, 5) is 7.83. The zero-order chi connectivity index (χ0) is 52.5. The van der Waals surface area contributed by atoms with Crippen LogP contribution in [0.1, 0.15) is 154 Å².